The minimum absolute atomic E-state index is 0.0112. The van der Waals surface area contributed by atoms with Gasteiger partial charge >= 0.3 is 6.18 Å². The molecule has 0 atom stereocenters. The SMILES string of the molecule is Cc1c(NC(=O)c2cc(C(N)=O)nc3cc(F)ccc23)c(C(F)(F)F)nn1Cc1ccc(C#N)s1. The highest BCUT2D eigenvalue weighted by Crippen LogP contribution is 2.37. The molecule has 3 N–H and O–H groups in total. The number of thiophene rings is 1. The Kier molecular flexibility index (Phi) is 5.99. The number of nitrogens with zero attached hydrogens (tertiary/aromatic N) is 4. The summed E-state index contributed by atoms with van der Waals surface area (Å²) in [6.45, 7) is 1.30. The first-order valence-corrected chi connectivity index (χ1v) is 10.6. The molecule has 35 heavy (non-hydrogen) atoms. The van der Waals surface area contributed by atoms with E-state index in [1.54, 1.807) is 12.1 Å². The third-order valence-electron chi connectivity index (χ3n) is 5.06. The Morgan fingerprint density at radius 1 is 1.23 bits per heavy atom. The summed E-state index contributed by atoms with van der Waals surface area (Å²) < 4.78 is 56.1. The van der Waals surface area contributed by atoms with Crippen molar-refractivity contribution >= 4 is 39.7 Å². The number of anilines is 1. The zero-order valence-electron chi connectivity index (χ0n) is 17.8. The number of fused-ring (bicyclic) bond motifs is 1. The summed E-state index contributed by atoms with van der Waals surface area (Å²) in [4.78, 5) is 29.6. The molecule has 0 bridgehead atoms. The maximum absolute atomic E-state index is 13.8. The summed E-state index contributed by atoms with van der Waals surface area (Å²) in [5.74, 6) is -2.69. The van der Waals surface area contributed by atoms with Gasteiger partial charge in [0.05, 0.1) is 29.0 Å². The number of nitrogens with two attached hydrogens (primary N) is 1. The first-order valence-electron chi connectivity index (χ1n) is 9.82. The van der Waals surface area contributed by atoms with E-state index < -0.39 is 35.2 Å². The summed E-state index contributed by atoms with van der Waals surface area (Å²) >= 11 is 1.10. The van der Waals surface area contributed by atoms with E-state index in [0.717, 1.165) is 34.2 Å². The first-order chi connectivity index (χ1) is 16.5. The average Bonchev–Trinajstić information content (AvgIpc) is 3.37. The van der Waals surface area contributed by atoms with Crippen LogP contribution in [0.25, 0.3) is 10.9 Å². The summed E-state index contributed by atoms with van der Waals surface area (Å²) in [5, 5.41) is 14.9. The van der Waals surface area contributed by atoms with Gasteiger partial charge in [0.2, 0.25) is 0 Å². The fourth-order valence-electron chi connectivity index (χ4n) is 3.42. The smallest absolute Gasteiger partial charge is 0.364 e. The minimum Gasteiger partial charge on any atom is -0.364 e. The van der Waals surface area contributed by atoms with Crippen LogP contribution in [0.4, 0.5) is 23.2 Å². The van der Waals surface area contributed by atoms with Gasteiger partial charge in [0.25, 0.3) is 11.8 Å². The van der Waals surface area contributed by atoms with Gasteiger partial charge in [-0.05, 0) is 37.3 Å². The van der Waals surface area contributed by atoms with E-state index >= 15 is 0 Å². The molecule has 2 amide bonds. The zero-order chi connectivity index (χ0) is 25.5. The van der Waals surface area contributed by atoms with Crippen LogP contribution in [0.1, 0.15) is 42.0 Å². The number of carbonyl (C=O) groups excluding carboxylic acids is 2. The zero-order valence-corrected chi connectivity index (χ0v) is 18.6. The van der Waals surface area contributed by atoms with Crippen LogP contribution in [-0.4, -0.2) is 26.6 Å². The number of benzene rings is 1. The highest BCUT2D eigenvalue weighted by atomic mass is 32.1. The fourth-order valence-corrected chi connectivity index (χ4v) is 4.20. The van der Waals surface area contributed by atoms with E-state index in [2.05, 4.69) is 15.4 Å². The Morgan fingerprint density at radius 3 is 2.60 bits per heavy atom. The normalized spacial score (nSPS) is 11.4. The molecule has 0 aliphatic rings. The molecular weight excluding hydrogens is 488 g/mol. The van der Waals surface area contributed by atoms with Gasteiger partial charge in [0, 0.05) is 16.3 Å². The molecule has 3 aromatic heterocycles. The Morgan fingerprint density at radius 2 is 1.97 bits per heavy atom. The summed E-state index contributed by atoms with van der Waals surface area (Å²) in [5.41, 5.74) is 2.72. The lowest BCUT2D eigenvalue weighted by Crippen LogP contribution is -2.19. The number of nitriles is 1. The number of halogens is 4. The number of rotatable bonds is 5. The fraction of sp³-hybridized carbons (Fsp3) is 0.136. The summed E-state index contributed by atoms with van der Waals surface area (Å²) in [6, 6.07) is 9.37. The monoisotopic (exact) mass is 502 g/mol. The lowest BCUT2D eigenvalue weighted by molar-refractivity contribution is -0.140. The second-order valence-electron chi connectivity index (χ2n) is 7.38. The highest BCUT2D eigenvalue weighted by Gasteiger charge is 2.39. The van der Waals surface area contributed by atoms with E-state index in [9.17, 15) is 27.2 Å². The van der Waals surface area contributed by atoms with Crippen molar-refractivity contribution in [1.29, 1.82) is 5.26 Å². The third-order valence-corrected chi connectivity index (χ3v) is 6.03. The predicted molar refractivity (Wildman–Crippen MR) is 118 cm³/mol. The second kappa shape index (κ2) is 8.80. The molecule has 0 aliphatic heterocycles. The Bertz CT molecular complexity index is 1530. The van der Waals surface area contributed by atoms with Gasteiger partial charge in [0.1, 0.15) is 22.5 Å². The van der Waals surface area contributed by atoms with Crippen molar-refractivity contribution < 1.29 is 27.2 Å². The van der Waals surface area contributed by atoms with Crippen molar-refractivity contribution in [1.82, 2.24) is 14.8 Å². The van der Waals surface area contributed by atoms with Gasteiger partial charge in [0.15, 0.2) is 5.69 Å². The van der Waals surface area contributed by atoms with Crippen molar-refractivity contribution in [3.8, 4) is 6.07 Å². The van der Waals surface area contributed by atoms with Crippen LogP contribution in [-0.2, 0) is 12.7 Å². The van der Waals surface area contributed by atoms with Gasteiger partial charge in [-0.1, -0.05) is 0 Å². The van der Waals surface area contributed by atoms with E-state index in [1.165, 1.54) is 13.0 Å². The van der Waals surface area contributed by atoms with E-state index in [4.69, 9.17) is 11.0 Å². The first kappa shape index (κ1) is 23.8. The number of hydrogen-bond donors (Lipinski definition) is 2. The van der Waals surface area contributed by atoms with Crippen molar-refractivity contribution in [3.05, 3.63) is 74.6 Å². The largest absolute Gasteiger partial charge is 0.437 e. The van der Waals surface area contributed by atoms with Crippen LogP contribution < -0.4 is 11.1 Å². The molecule has 178 valence electrons. The molecule has 0 saturated heterocycles. The van der Waals surface area contributed by atoms with Crippen LogP contribution in [0.5, 0.6) is 0 Å². The van der Waals surface area contributed by atoms with Gasteiger partial charge in [-0.25, -0.2) is 9.37 Å². The van der Waals surface area contributed by atoms with Crippen molar-refractivity contribution in [2.75, 3.05) is 5.32 Å². The number of hydrogen-bond acceptors (Lipinski definition) is 6. The molecule has 4 rings (SSSR count). The number of aromatic nitrogens is 3. The summed E-state index contributed by atoms with van der Waals surface area (Å²) in [6.07, 6.45) is -4.90. The van der Waals surface area contributed by atoms with E-state index in [0.29, 0.717) is 9.75 Å². The lowest BCUT2D eigenvalue weighted by atomic mass is 10.1. The third kappa shape index (κ3) is 4.69. The molecule has 13 heteroatoms. The average molecular weight is 502 g/mol. The van der Waals surface area contributed by atoms with Crippen LogP contribution >= 0.6 is 11.3 Å². The minimum atomic E-state index is -4.90. The number of primary amides is 1. The number of amides is 2. The Labute approximate surface area is 198 Å². The highest BCUT2D eigenvalue weighted by molar-refractivity contribution is 7.12. The molecule has 0 spiro atoms. The Balaban J connectivity index is 1.78. The standard InChI is InChI=1S/C22H14F4N6O2S/c1-10-18(19(22(24,25)26)31-32(10)9-13-4-3-12(8-27)35-13)30-21(34)15-7-17(20(28)33)29-16-6-11(23)2-5-14(15)16/h2-7H,9H2,1H3,(H2,28,33)(H,30,34). The maximum Gasteiger partial charge on any atom is 0.437 e. The molecular formula is C22H14F4N6O2S. The van der Waals surface area contributed by atoms with Crippen molar-refractivity contribution in [2.45, 2.75) is 19.6 Å². The molecule has 0 fully saturated rings. The van der Waals surface area contributed by atoms with Crippen LogP contribution in [0.15, 0.2) is 36.4 Å². The number of pyridine rings is 1. The van der Waals surface area contributed by atoms with Crippen molar-refractivity contribution in [2.24, 2.45) is 5.73 Å². The van der Waals surface area contributed by atoms with Crippen LogP contribution in [0.2, 0.25) is 0 Å². The van der Waals surface area contributed by atoms with E-state index in [1.807, 2.05) is 6.07 Å². The topological polar surface area (TPSA) is 127 Å². The second-order valence-corrected chi connectivity index (χ2v) is 8.55. The number of alkyl halides is 3. The molecule has 8 nitrogen and oxygen atoms in total. The van der Waals surface area contributed by atoms with Gasteiger partial charge in [-0.15, -0.1) is 11.3 Å². The quantitative estimate of drug-likeness (QED) is 0.395. The molecule has 4 aromatic rings. The molecule has 0 unspecified atom stereocenters. The van der Waals surface area contributed by atoms with Crippen LogP contribution in [0.3, 0.4) is 0 Å². The van der Waals surface area contributed by atoms with Gasteiger partial charge in [-0.2, -0.15) is 23.5 Å². The molecule has 0 saturated carbocycles. The predicted octanol–water partition coefficient (Wildman–Crippen LogP) is 4.23. The molecule has 0 aliphatic carbocycles. The lowest BCUT2D eigenvalue weighted by Gasteiger charge is -2.11. The molecule has 0 radical (unpaired) electrons. The van der Waals surface area contributed by atoms with E-state index in [-0.39, 0.29) is 34.4 Å². The number of nitrogens with one attached hydrogen (secondary N) is 1. The molecule has 3 heterocycles. The summed E-state index contributed by atoms with van der Waals surface area (Å²) in [7, 11) is 0. The van der Waals surface area contributed by atoms with Gasteiger partial charge in [-0.3, -0.25) is 14.3 Å². The van der Waals surface area contributed by atoms with Gasteiger partial charge < -0.3 is 11.1 Å². The Hall–Kier alpha value is -4.31. The van der Waals surface area contributed by atoms with Crippen LogP contribution in [0, 0.1) is 24.1 Å². The van der Waals surface area contributed by atoms with Crippen molar-refractivity contribution in [3.63, 3.8) is 0 Å². The maximum atomic E-state index is 13.8. The number of carbonyl (C=O) groups is 2. The molecule has 1 aromatic carbocycles.